The van der Waals surface area contributed by atoms with E-state index in [-0.39, 0.29) is 5.91 Å². The van der Waals surface area contributed by atoms with Gasteiger partial charge in [-0.2, -0.15) is 0 Å². The molecule has 1 aliphatic heterocycles. The molecule has 0 spiro atoms. The number of anilines is 3. The molecule has 9 heteroatoms. The first-order valence-electron chi connectivity index (χ1n) is 10.4. The number of nitrogens with one attached hydrogen (secondary N) is 1. The van der Waals surface area contributed by atoms with Crippen LogP contribution < -0.4 is 10.2 Å². The van der Waals surface area contributed by atoms with Crippen molar-refractivity contribution in [1.29, 1.82) is 0 Å². The molecule has 0 unspecified atom stereocenters. The number of imidazole rings is 1. The summed E-state index contributed by atoms with van der Waals surface area (Å²) in [5.41, 5.74) is 4.84. The Kier molecular flexibility index (Phi) is 5.80. The maximum absolute atomic E-state index is 11.2. The lowest BCUT2D eigenvalue weighted by molar-refractivity contribution is -0.114. The van der Waals surface area contributed by atoms with Crippen LogP contribution in [0.5, 0.6) is 0 Å². The molecule has 1 aliphatic rings. The van der Waals surface area contributed by atoms with Crippen LogP contribution in [0.3, 0.4) is 0 Å². The third-order valence-electron chi connectivity index (χ3n) is 5.18. The molecule has 5 rings (SSSR count). The fraction of sp³-hybridized carbons (Fsp3) is 0.167. The van der Waals surface area contributed by atoms with Crippen LogP contribution in [0.4, 0.5) is 17.2 Å². The molecule has 4 aromatic rings. The van der Waals surface area contributed by atoms with Crippen molar-refractivity contribution in [2.45, 2.75) is 23.4 Å². The van der Waals surface area contributed by atoms with Crippen molar-refractivity contribution in [2.75, 3.05) is 24.1 Å². The summed E-state index contributed by atoms with van der Waals surface area (Å²) in [6.07, 6.45) is 7.26. The molecular weight excluding hydrogens is 436 g/mol. The molecule has 0 aliphatic carbocycles. The summed E-state index contributed by atoms with van der Waals surface area (Å²) < 4.78 is 7.50. The Balaban J connectivity index is 1.37. The molecule has 0 fully saturated rings. The number of hydrogen-bond acceptors (Lipinski definition) is 7. The van der Waals surface area contributed by atoms with Crippen LogP contribution in [0, 0.1) is 0 Å². The van der Waals surface area contributed by atoms with Gasteiger partial charge in [0.15, 0.2) is 5.82 Å². The van der Waals surface area contributed by atoms with Crippen LogP contribution in [0.1, 0.15) is 12.5 Å². The second-order valence-corrected chi connectivity index (χ2v) is 8.66. The van der Waals surface area contributed by atoms with Crippen LogP contribution in [-0.2, 0) is 16.1 Å². The molecule has 2 aromatic carbocycles. The van der Waals surface area contributed by atoms with Gasteiger partial charge in [-0.3, -0.25) is 9.69 Å². The predicted molar refractivity (Wildman–Crippen MR) is 128 cm³/mol. The van der Waals surface area contributed by atoms with E-state index >= 15 is 0 Å². The van der Waals surface area contributed by atoms with E-state index in [2.05, 4.69) is 43.0 Å². The molecule has 3 heterocycles. The van der Waals surface area contributed by atoms with Gasteiger partial charge in [0.05, 0.1) is 17.7 Å². The van der Waals surface area contributed by atoms with Gasteiger partial charge in [0.25, 0.3) is 0 Å². The molecule has 0 saturated carbocycles. The Morgan fingerprint density at radius 3 is 2.70 bits per heavy atom. The number of rotatable bonds is 6. The zero-order valence-corrected chi connectivity index (χ0v) is 19.0. The molecule has 0 saturated heterocycles. The fourth-order valence-corrected chi connectivity index (χ4v) is 4.73. The smallest absolute Gasteiger partial charge is 0.221 e. The van der Waals surface area contributed by atoms with E-state index in [9.17, 15) is 4.79 Å². The normalized spacial score (nSPS) is 12.2. The van der Waals surface area contributed by atoms with Gasteiger partial charge in [0.1, 0.15) is 11.8 Å². The van der Waals surface area contributed by atoms with Gasteiger partial charge < -0.3 is 14.6 Å². The van der Waals surface area contributed by atoms with Gasteiger partial charge in [-0.1, -0.05) is 30.0 Å². The number of methoxy groups -OCH3 is 1. The van der Waals surface area contributed by atoms with Crippen LogP contribution in [0.2, 0.25) is 0 Å². The van der Waals surface area contributed by atoms with Crippen LogP contribution in [-0.4, -0.2) is 39.3 Å². The van der Waals surface area contributed by atoms with Gasteiger partial charge in [-0.25, -0.2) is 15.0 Å². The Morgan fingerprint density at radius 1 is 1.09 bits per heavy atom. The first kappa shape index (κ1) is 21.2. The summed E-state index contributed by atoms with van der Waals surface area (Å²) in [5, 5.41) is 3.65. The second-order valence-electron chi connectivity index (χ2n) is 7.62. The average Bonchev–Trinajstić information content (AvgIpc) is 3.28. The minimum absolute atomic E-state index is 0.0879. The molecule has 33 heavy (non-hydrogen) atoms. The molecule has 166 valence electrons. The van der Waals surface area contributed by atoms with Crippen molar-refractivity contribution in [3.63, 3.8) is 0 Å². The molecule has 1 amide bonds. The quantitative estimate of drug-likeness (QED) is 0.454. The fourth-order valence-electron chi connectivity index (χ4n) is 3.75. The lowest BCUT2D eigenvalue weighted by atomic mass is 10.1. The van der Waals surface area contributed by atoms with Crippen LogP contribution >= 0.6 is 11.8 Å². The molecule has 2 aromatic heterocycles. The van der Waals surface area contributed by atoms with E-state index in [0.717, 1.165) is 43.9 Å². The Bertz CT molecular complexity index is 1300. The summed E-state index contributed by atoms with van der Waals surface area (Å²) in [4.78, 5) is 27.9. The summed E-state index contributed by atoms with van der Waals surface area (Å²) in [7, 11) is 1.68. The van der Waals surface area contributed by atoms with Crippen molar-refractivity contribution < 1.29 is 9.53 Å². The number of carbonyl (C=O) groups excluding carboxylic acids is 1. The van der Waals surface area contributed by atoms with Gasteiger partial charge in [0, 0.05) is 55.3 Å². The Hall–Kier alpha value is -3.69. The lowest BCUT2D eigenvalue weighted by Crippen LogP contribution is -2.24. The SMILES string of the molecule is COCN1c2cc(Cn3cnc(-c4ccc(NC(C)=O)cc4)c3)ccc2Sc2nccnc21. The lowest BCUT2D eigenvalue weighted by Gasteiger charge is -2.30. The summed E-state index contributed by atoms with van der Waals surface area (Å²) in [6, 6.07) is 14.1. The van der Waals surface area contributed by atoms with Gasteiger partial charge >= 0.3 is 0 Å². The molecule has 0 radical (unpaired) electrons. The van der Waals surface area contributed by atoms with Crippen LogP contribution in [0.15, 0.2) is 77.3 Å². The maximum Gasteiger partial charge on any atom is 0.221 e. The molecule has 1 N–H and O–H groups in total. The van der Waals surface area contributed by atoms with Crippen molar-refractivity contribution >= 4 is 34.9 Å². The van der Waals surface area contributed by atoms with E-state index in [1.54, 1.807) is 31.3 Å². The largest absolute Gasteiger partial charge is 0.364 e. The minimum Gasteiger partial charge on any atom is -0.364 e. The number of nitrogens with zero attached hydrogens (tertiary/aromatic N) is 5. The van der Waals surface area contributed by atoms with Crippen molar-refractivity contribution in [3.8, 4) is 11.3 Å². The number of hydrogen-bond donors (Lipinski definition) is 1. The molecule has 0 atom stereocenters. The third kappa shape index (κ3) is 4.46. The summed E-state index contributed by atoms with van der Waals surface area (Å²) in [6.45, 7) is 2.57. The molecule has 8 nitrogen and oxygen atoms in total. The van der Waals surface area contributed by atoms with Gasteiger partial charge in [0.2, 0.25) is 5.91 Å². The number of carbonyl (C=O) groups is 1. The molecule has 0 bridgehead atoms. The zero-order valence-electron chi connectivity index (χ0n) is 18.2. The predicted octanol–water partition coefficient (Wildman–Crippen LogP) is 4.55. The van der Waals surface area contributed by atoms with Crippen molar-refractivity contribution in [1.82, 2.24) is 19.5 Å². The first-order chi connectivity index (χ1) is 16.1. The van der Waals surface area contributed by atoms with Crippen molar-refractivity contribution in [3.05, 3.63) is 72.9 Å². The maximum atomic E-state index is 11.2. The number of aromatic nitrogens is 4. The van der Waals surface area contributed by atoms with Gasteiger partial charge in [-0.05, 0) is 29.8 Å². The monoisotopic (exact) mass is 458 g/mol. The van der Waals surface area contributed by atoms with E-state index < -0.39 is 0 Å². The number of amides is 1. The van der Waals surface area contributed by atoms with E-state index in [1.165, 1.54) is 6.92 Å². The number of benzene rings is 2. The summed E-state index contributed by atoms with van der Waals surface area (Å²) in [5.74, 6) is 0.719. The van der Waals surface area contributed by atoms with E-state index in [1.807, 2.05) is 41.7 Å². The van der Waals surface area contributed by atoms with Crippen LogP contribution in [0.25, 0.3) is 11.3 Å². The standard InChI is InChI=1S/C24H22N6O2S/c1-16(31)28-19-6-4-18(5-7-19)20-13-29(14-27-20)12-17-3-8-22-21(11-17)30(15-32-2)23-24(33-22)26-10-9-25-23/h3-11,13-14H,12,15H2,1-2H3,(H,28,31). The van der Waals surface area contributed by atoms with Crippen molar-refractivity contribution in [2.24, 2.45) is 0 Å². The zero-order chi connectivity index (χ0) is 22.8. The number of ether oxygens (including phenoxy) is 1. The minimum atomic E-state index is -0.0879. The molecular formula is C24H22N6O2S. The highest BCUT2D eigenvalue weighted by Gasteiger charge is 2.25. The number of fused-ring (bicyclic) bond motifs is 2. The Morgan fingerprint density at radius 2 is 1.91 bits per heavy atom. The highest BCUT2D eigenvalue weighted by molar-refractivity contribution is 7.99. The first-order valence-corrected chi connectivity index (χ1v) is 11.2. The highest BCUT2D eigenvalue weighted by atomic mass is 32.2. The highest BCUT2D eigenvalue weighted by Crippen LogP contribution is 2.46. The summed E-state index contributed by atoms with van der Waals surface area (Å²) >= 11 is 1.62. The topological polar surface area (TPSA) is 85.2 Å². The van der Waals surface area contributed by atoms with Gasteiger partial charge in [-0.15, -0.1) is 0 Å². The average molecular weight is 459 g/mol. The van der Waals surface area contributed by atoms with E-state index in [4.69, 9.17) is 4.74 Å². The second kappa shape index (κ2) is 9.05. The Labute approximate surface area is 195 Å². The third-order valence-corrected chi connectivity index (χ3v) is 6.23. The van der Waals surface area contributed by atoms with E-state index in [0.29, 0.717) is 13.3 Å².